The maximum Gasteiger partial charge on any atom is 0.273 e. The molecule has 7 nitrogen and oxygen atoms in total. The van der Waals surface area contributed by atoms with Crippen LogP contribution in [-0.2, 0) is 9.47 Å². The van der Waals surface area contributed by atoms with Gasteiger partial charge in [0.05, 0.1) is 23.6 Å². The van der Waals surface area contributed by atoms with Crippen molar-refractivity contribution in [2.45, 2.75) is 26.6 Å². The summed E-state index contributed by atoms with van der Waals surface area (Å²) in [6.07, 6.45) is 0. The Labute approximate surface area is 134 Å². The SMILES string of the molecule is Cc1c(C(=O)N2CC3(COC(C)(C)OC3)C2)cccc1[N+](=O)[O-]. The van der Waals surface area contributed by atoms with Crippen LogP contribution in [-0.4, -0.2) is 47.8 Å². The van der Waals surface area contributed by atoms with Crippen LogP contribution in [0.15, 0.2) is 18.2 Å². The summed E-state index contributed by atoms with van der Waals surface area (Å²) in [5, 5.41) is 11.0. The number of rotatable bonds is 2. The van der Waals surface area contributed by atoms with Crippen LogP contribution in [0.2, 0.25) is 0 Å². The lowest BCUT2D eigenvalue weighted by molar-refractivity contribution is -0.385. The molecule has 0 aromatic heterocycles. The summed E-state index contributed by atoms with van der Waals surface area (Å²) in [4.78, 5) is 24.8. The predicted molar refractivity (Wildman–Crippen MR) is 82.2 cm³/mol. The summed E-state index contributed by atoms with van der Waals surface area (Å²) < 4.78 is 11.4. The molecule has 1 aromatic carbocycles. The number of ether oxygens (including phenoxy) is 2. The molecule has 0 bridgehead atoms. The van der Waals surface area contributed by atoms with Crippen LogP contribution in [0.5, 0.6) is 0 Å². The molecule has 2 aliphatic heterocycles. The Kier molecular flexibility index (Phi) is 3.65. The van der Waals surface area contributed by atoms with Crippen molar-refractivity contribution in [1.82, 2.24) is 4.90 Å². The van der Waals surface area contributed by atoms with Gasteiger partial charge in [0.2, 0.25) is 0 Å². The standard InChI is InChI=1S/C16H20N2O5/c1-11-12(5-4-6-13(11)18(20)21)14(19)17-7-16(8-17)9-22-15(2,3)23-10-16/h4-6H,7-10H2,1-3H3. The van der Waals surface area contributed by atoms with E-state index in [0.29, 0.717) is 37.4 Å². The third-order valence-corrected chi connectivity index (χ3v) is 4.52. The molecule has 2 aliphatic rings. The van der Waals surface area contributed by atoms with Gasteiger partial charge in [-0.15, -0.1) is 0 Å². The highest BCUT2D eigenvalue weighted by molar-refractivity contribution is 5.97. The molecule has 0 N–H and O–H groups in total. The zero-order valence-electron chi connectivity index (χ0n) is 13.5. The van der Waals surface area contributed by atoms with Crippen LogP contribution in [0.3, 0.4) is 0 Å². The van der Waals surface area contributed by atoms with E-state index in [9.17, 15) is 14.9 Å². The zero-order valence-corrected chi connectivity index (χ0v) is 13.5. The minimum atomic E-state index is -0.577. The number of carbonyl (C=O) groups is 1. The van der Waals surface area contributed by atoms with Crippen molar-refractivity contribution in [3.8, 4) is 0 Å². The average Bonchev–Trinajstić information content (AvgIpc) is 2.45. The summed E-state index contributed by atoms with van der Waals surface area (Å²) in [5.74, 6) is -0.756. The van der Waals surface area contributed by atoms with Crippen LogP contribution >= 0.6 is 0 Å². The van der Waals surface area contributed by atoms with Crippen LogP contribution < -0.4 is 0 Å². The number of nitro benzene ring substituents is 1. The fraction of sp³-hybridized carbons (Fsp3) is 0.562. The zero-order chi connectivity index (χ0) is 16.8. The molecule has 1 aromatic rings. The predicted octanol–water partition coefficient (Wildman–Crippen LogP) is 2.13. The first-order valence-electron chi connectivity index (χ1n) is 7.54. The normalized spacial score (nSPS) is 21.8. The second-order valence-corrected chi connectivity index (χ2v) is 6.85. The van der Waals surface area contributed by atoms with E-state index in [1.165, 1.54) is 6.07 Å². The summed E-state index contributed by atoms with van der Waals surface area (Å²) in [6.45, 7) is 7.54. The van der Waals surface area contributed by atoms with E-state index < -0.39 is 10.7 Å². The Hall–Kier alpha value is -1.99. The summed E-state index contributed by atoms with van der Waals surface area (Å²) in [5.41, 5.74) is 0.602. The second-order valence-electron chi connectivity index (χ2n) is 6.85. The fourth-order valence-electron chi connectivity index (χ4n) is 3.05. The van der Waals surface area contributed by atoms with E-state index in [-0.39, 0.29) is 17.0 Å². The number of nitrogens with zero attached hydrogens (tertiary/aromatic N) is 2. The molecular formula is C16H20N2O5. The van der Waals surface area contributed by atoms with Gasteiger partial charge in [0.1, 0.15) is 0 Å². The lowest BCUT2D eigenvalue weighted by Gasteiger charge is -2.54. The third-order valence-electron chi connectivity index (χ3n) is 4.52. The first-order chi connectivity index (χ1) is 10.7. The number of benzene rings is 1. The maximum atomic E-state index is 12.6. The number of hydrogen-bond acceptors (Lipinski definition) is 5. The Morgan fingerprint density at radius 1 is 1.26 bits per heavy atom. The lowest BCUT2D eigenvalue weighted by atomic mass is 9.80. The van der Waals surface area contributed by atoms with Gasteiger partial charge in [-0.05, 0) is 26.8 Å². The Morgan fingerprint density at radius 3 is 2.43 bits per heavy atom. The van der Waals surface area contributed by atoms with Crippen molar-refractivity contribution < 1.29 is 19.2 Å². The molecule has 0 radical (unpaired) electrons. The van der Waals surface area contributed by atoms with Gasteiger partial charge >= 0.3 is 0 Å². The summed E-state index contributed by atoms with van der Waals surface area (Å²) in [7, 11) is 0. The number of nitro groups is 1. The van der Waals surface area contributed by atoms with Gasteiger partial charge in [0.25, 0.3) is 11.6 Å². The van der Waals surface area contributed by atoms with Gasteiger partial charge in [-0.25, -0.2) is 0 Å². The van der Waals surface area contributed by atoms with Gasteiger partial charge in [-0.3, -0.25) is 14.9 Å². The number of carbonyl (C=O) groups excluding carboxylic acids is 1. The van der Waals surface area contributed by atoms with Gasteiger partial charge < -0.3 is 14.4 Å². The van der Waals surface area contributed by atoms with Gasteiger partial charge in [-0.1, -0.05) is 6.07 Å². The van der Waals surface area contributed by atoms with E-state index in [0.717, 1.165) is 0 Å². The second kappa shape index (κ2) is 5.28. The molecule has 1 amide bonds. The van der Waals surface area contributed by atoms with Crippen molar-refractivity contribution >= 4 is 11.6 Å². The molecule has 23 heavy (non-hydrogen) atoms. The molecule has 0 atom stereocenters. The number of amides is 1. The highest BCUT2D eigenvalue weighted by Gasteiger charge is 2.50. The first-order valence-corrected chi connectivity index (χ1v) is 7.54. The van der Waals surface area contributed by atoms with E-state index in [1.54, 1.807) is 24.0 Å². The van der Waals surface area contributed by atoms with E-state index >= 15 is 0 Å². The molecule has 3 rings (SSSR count). The molecule has 0 unspecified atom stereocenters. The molecule has 2 saturated heterocycles. The number of hydrogen-bond donors (Lipinski definition) is 0. The highest BCUT2D eigenvalue weighted by Crippen LogP contribution is 2.38. The molecule has 0 aliphatic carbocycles. The lowest BCUT2D eigenvalue weighted by Crippen LogP contribution is -2.65. The average molecular weight is 320 g/mol. The number of likely N-dealkylation sites (tertiary alicyclic amines) is 1. The minimum Gasteiger partial charge on any atom is -0.350 e. The van der Waals surface area contributed by atoms with E-state index in [2.05, 4.69) is 0 Å². The summed E-state index contributed by atoms with van der Waals surface area (Å²) in [6, 6.07) is 4.59. The van der Waals surface area contributed by atoms with Gasteiger partial charge in [0, 0.05) is 30.3 Å². The van der Waals surface area contributed by atoms with Crippen LogP contribution in [0.1, 0.15) is 29.8 Å². The molecular weight excluding hydrogens is 300 g/mol. The molecule has 7 heteroatoms. The monoisotopic (exact) mass is 320 g/mol. The van der Waals surface area contributed by atoms with Crippen LogP contribution in [0, 0.1) is 22.5 Å². The van der Waals surface area contributed by atoms with Crippen molar-refractivity contribution in [3.05, 3.63) is 39.4 Å². The van der Waals surface area contributed by atoms with E-state index in [4.69, 9.17) is 9.47 Å². The Morgan fingerprint density at radius 2 is 1.87 bits per heavy atom. The Bertz CT molecular complexity index is 652. The fourth-order valence-corrected chi connectivity index (χ4v) is 3.05. The minimum absolute atomic E-state index is 0.0304. The summed E-state index contributed by atoms with van der Waals surface area (Å²) >= 11 is 0. The van der Waals surface area contributed by atoms with Crippen molar-refractivity contribution in [1.29, 1.82) is 0 Å². The maximum absolute atomic E-state index is 12.6. The van der Waals surface area contributed by atoms with Crippen molar-refractivity contribution in [2.24, 2.45) is 5.41 Å². The molecule has 2 heterocycles. The highest BCUT2D eigenvalue weighted by atomic mass is 16.7. The molecule has 2 fully saturated rings. The van der Waals surface area contributed by atoms with Crippen LogP contribution in [0.25, 0.3) is 0 Å². The van der Waals surface area contributed by atoms with Crippen molar-refractivity contribution in [3.63, 3.8) is 0 Å². The Balaban J connectivity index is 1.70. The third kappa shape index (κ3) is 2.82. The van der Waals surface area contributed by atoms with Gasteiger partial charge in [-0.2, -0.15) is 0 Å². The van der Waals surface area contributed by atoms with Gasteiger partial charge in [0.15, 0.2) is 5.79 Å². The molecule has 124 valence electrons. The van der Waals surface area contributed by atoms with E-state index in [1.807, 2.05) is 13.8 Å². The largest absolute Gasteiger partial charge is 0.350 e. The van der Waals surface area contributed by atoms with Crippen molar-refractivity contribution in [2.75, 3.05) is 26.3 Å². The first kappa shape index (κ1) is 15.9. The quantitative estimate of drug-likeness (QED) is 0.616. The smallest absolute Gasteiger partial charge is 0.273 e. The topological polar surface area (TPSA) is 81.9 Å². The van der Waals surface area contributed by atoms with Crippen LogP contribution in [0.4, 0.5) is 5.69 Å². The molecule has 1 spiro atoms. The molecule has 0 saturated carbocycles.